The van der Waals surface area contributed by atoms with Crippen molar-refractivity contribution in [2.24, 2.45) is 0 Å². The van der Waals surface area contributed by atoms with Crippen LogP contribution in [-0.2, 0) is 9.59 Å². The van der Waals surface area contributed by atoms with E-state index >= 15 is 0 Å². The number of amides is 2. The molecule has 38 heavy (non-hydrogen) atoms. The minimum Gasteiger partial charge on any atom is -0.309 e. The molecule has 4 aromatic carbocycles. The highest BCUT2D eigenvalue weighted by atomic mass is 16.2. The minimum atomic E-state index is -0.368. The summed E-state index contributed by atoms with van der Waals surface area (Å²) in [5.41, 5.74) is 8.65. The molecular weight excluding hydrogens is 468 g/mol. The van der Waals surface area contributed by atoms with Crippen LogP contribution in [0.5, 0.6) is 0 Å². The van der Waals surface area contributed by atoms with Crippen LogP contribution < -0.4 is 0 Å². The largest absolute Gasteiger partial charge is 0.309 e. The molecule has 0 bridgehead atoms. The van der Waals surface area contributed by atoms with Gasteiger partial charge in [0.1, 0.15) is 0 Å². The Morgan fingerprint density at radius 3 is 1.29 bits per heavy atom. The maximum atomic E-state index is 12.9. The summed E-state index contributed by atoms with van der Waals surface area (Å²) in [6, 6.07) is 32.6. The number of rotatable bonds is 3. The Labute approximate surface area is 223 Å². The zero-order chi connectivity index (χ0) is 26.2. The van der Waals surface area contributed by atoms with Gasteiger partial charge < -0.3 is 9.80 Å². The Balaban J connectivity index is 1.50. The monoisotopic (exact) mass is 496 g/mol. The molecule has 2 aliphatic rings. The zero-order valence-electron chi connectivity index (χ0n) is 21.4. The molecule has 4 nitrogen and oxygen atoms in total. The second kappa shape index (κ2) is 9.64. The van der Waals surface area contributed by atoms with Crippen LogP contribution in [0.1, 0.15) is 48.2 Å². The van der Waals surface area contributed by atoms with E-state index in [1.807, 2.05) is 61.0 Å². The van der Waals surface area contributed by atoms with Crippen LogP contribution in [0.25, 0.3) is 34.4 Å². The van der Waals surface area contributed by atoms with Crippen LogP contribution in [0.15, 0.2) is 109 Å². The van der Waals surface area contributed by atoms with E-state index in [1.165, 1.54) is 0 Å². The van der Waals surface area contributed by atoms with E-state index in [9.17, 15) is 9.59 Å². The SMILES string of the molecule is CC(=O)N1C=Cc2cc(-c3ccccc3)ccc2[C@H]1[C@@H]1c2ccc(-c3ccccc3)cc2C=CN1C(C)=O. The van der Waals surface area contributed by atoms with Gasteiger partial charge in [-0.05, 0) is 68.8 Å². The third-order valence-corrected chi connectivity index (χ3v) is 7.48. The highest BCUT2D eigenvalue weighted by Crippen LogP contribution is 2.47. The summed E-state index contributed by atoms with van der Waals surface area (Å²) in [5.74, 6) is -0.130. The first-order valence-corrected chi connectivity index (χ1v) is 12.8. The topological polar surface area (TPSA) is 40.6 Å². The maximum Gasteiger partial charge on any atom is 0.224 e. The molecule has 6 rings (SSSR count). The first-order chi connectivity index (χ1) is 18.5. The van der Waals surface area contributed by atoms with Gasteiger partial charge in [-0.25, -0.2) is 0 Å². The number of carbonyl (C=O) groups excluding carboxylic acids is 2. The summed E-state index contributed by atoms with van der Waals surface area (Å²) >= 11 is 0. The van der Waals surface area contributed by atoms with Gasteiger partial charge in [0.15, 0.2) is 0 Å². The average Bonchev–Trinajstić information content (AvgIpc) is 2.96. The molecule has 4 aromatic rings. The van der Waals surface area contributed by atoms with Gasteiger partial charge in [0.05, 0.1) is 12.1 Å². The second-order valence-electron chi connectivity index (χ2n) is 9.79. The van der Waals surface area contributed by atoms with Crippen molar-refractivity contribution in [3.05, 3.63) is 132 Å². The first kappa shape index (κ1) is 23.7. The maximum absolute atomic E-state index is 12.9. The molecule has 0 saturated heterocycles. The van der Waals surface area contributed by atoms with Crippen molar-refractivity contribution < 1.29 is 9.59 Å². The summed E-state index contributed by atoms with van der Waals surface area (Å²) in [7, 11) is 0. The van der Waals surface area contributed by atoms with Gasteiger partial charge in [-0.15, -0.1) is 0 Å². The molecule has 2 atom stereocenters. The van der Waals surface area contributed by atoms with Crippen molar-refractivity contribution in [1.82, 2.24) is 9.80 Å². The van der Waals surface area contributed by atoms with E-state index in [0.717, 1.165) is 44.5 Å². The molecule has 2 amide bonds. The van der Waals surface area contributed by atoms with Crippen molar-refractivity contribution >= 4 is 24.0 Å². The molecule has 0 aromatic heterocycles. The first-order valence-electron chi connectivity index (χ1n) is 12.8. The van der Waals surface area contributed by atoms with Gasteiger partial charge in [0.2, 0.25) is 11.8 Å². The fourth-order valence-corrected chi connectivity index (χ4v) is 5.65. The number of carbonyl (C=O) groups is 2. The van der Waals surface area contributed by atoms with Crippen molar-refractivity contribution in [3.63, 3.8) is 0 Å². The number of benzene rings is 4. The molecule has 2 heterocycles. The molecular formula is C34H28N2O2. The molecule has 2 aliphatic heterocycles. The Morgan fingerprint density at radius 2 is 0.921 bits per heavy atom. The number of hydrogen-bond acceptors (Lipinski definition) is 2. The summed E-state index contributed by atoms with van der Waals surface area (Å²) in [6.45, 7) is 3.16. The smallest absolute Gasteiger partial charge is 0.224 e. The van der Waals surface area contributed by atoms with Crippen LogP contribution >= 0.6 is 0 Å². The van der Waals surface area contributed by atoms with Crippen molar-refractivity contribution in [1.29, 1.82) is 0 Å². The lowest BCUT2D eigenvalue weighted by molar-refractivity contribution is -0.134. The molecule has 0 fully saturated rings. The van der Waals surface area contributed by atoms with Gasteiger partial charge >= 0.3 is 0 Å². The highest BCUT2D eigenvalue weighted by Gasteiger charge is 2.40. The summed E-state index contributed by atoms with van der Waals surface area (Å²) in [6.07, 6.45) is 7.71. The fourth-order valence-electron chi connectivity index (χ4n) is 5.65. The molecule has 0 radical (unpaired) electrons. The quantitative estimate of drug-likeness (QED) is 0.295. The third kappa shape index (κ3) is 4.14. The predicted molar refractivity (Wildman–Crippen MR) is 152 cm³/mol. The number of nitrogens with zero attached hydrogens (tertiary/aromatic N) is 2. The highest BCUT2D eigenvalue weighted by molar-refractivity contribution is 5.82. The summed E-state index contributed by atoms with van der Waals surface area (Å²) < 4.78 is 0. The van der Waals surface area contributed by atoms with E-state index in [4.69, 9.17) is 0 Å². The van der Waals surface area contributed by atoms with Crippen molar-refractivity contribution in [3.8, 4) is 22.3 Å². The van der Waals surface area contributed by atoms with E-state index in [-0.39, 0.29) is 23.9 Å². The van der Waals surface area contributed by atoms with Gasteiger partial charge in [-0.2, -0.15) is 0 Å². The van der Waals surface area contributed by atoms with E-state index < -0.39 is 0 Å². The van der Waals surface area contributed by atoms with Crippen LogP contribution in [0, 0.1) is 0 Å². The molecule has 186 valence electrons. The van der Waals surface area contributed by atoms with E-state index in [2.05, 4.69) is 60.7 Å². The van der Waals surface area contributed by atoms with Gasteiger partial charge in [0, 0.05) is 26.2 Å². The lowest BCUT2D eigenvalue weighted by Crippen LogP contribution is -2.42. The Hall–Kier alpha value is -4.70. The lowest BCUT2D eigenvalue weighted by Gasteiger charge is -2.44. The normalized spacial score (nSPS) is 17.6. The van der Waals surface area contributed by atoms with Crippen LogP contribution in [0.3, 0.4) is 0 Å². The fraction of sp³-hybridized carbons (Fsp3) is 0.118. The Kier molecular flexibility index (Phi) is 6.01. The zero-order valence-corrected chi connectivity index (χ0v) is 21.4. The van der Waals surface area contributed by atoms with E-state index in [1.54, 1.807) is 23.6 Å². The van der Waals surface area contributed by atoms with Crippen LogP contribution in [0.2, 0.25) is 0 Å². The van der Waals surface area contributed by atoms with Gasteiger partial charge in [0.25, 0.3) is 0 Å². The molecule has 0 aliphatic carbocycles. The molecule has 0 spiro atoms. The number of hydrogen-bond donors (Lipinski definition) is 0. The molecule has 0 unspecified atom stereocenters. The minimum absolute atomic E-state index is 0.0652. The Bertz CT molecular complexity index is 1470. The van der Waals surface area contributed by atoms with Crippen LogP contribution in [-0.4, -0.2) is 21.6 Å². The number of fused-ring (bicyclic) bond motifs is 2. The van der Waals surface area contributed by atoms with E-state index in [0.29, 0.717) is 0 Å². The Morgan fingerprint density at radius 1 is 0.526 bits per heavy atom. The predicted octanol–water partition coefficient (Wildman–Crippen LogP) is 7.47. The average molecular weight is 497 g/mol. The third-order valence-electron chi connectivity index (χ3n) is 7.48. The van der Waals surface area contributed by atoms with Crippen molar-refractivity contribution in [2.75, 3.05) is 0 Å². The lowest BCUT2D eigenvalue weighted by atomic mass is 9.82. The molecule has 4 heteroatoms. The summed E-state index contributed by atoms with van der Waals surface area (Å²) in [5, 5.41) is 0. The van der Waals surface area contributed by atoms with Gasteiger partial charge in [-0.1, -0.05) is 84.9 Å². The summed E-state index contributed by atoms with van der Waals surface area (Å²) in [4.78, 5) is 29.4. The molecule has 0 saturated carbocycles. The van der Waals surface area contributed by atoms with Crippen molar-refractivity contribution in [2.45, 2.75) is 25.9 Å². The second-order valence-corrected chi connectivity index (χ2v) is 9.79. The molecule has 0 N–H and O–H groups in total. The van der Waals surface area contributed by atoms with Gasteiger partial charge in [-0.3, -0.25) is 9.59 Å². The van der Waals surface area contributed by atoms with Crippen LogP contribution in [0.4, 0.5) is 0 Å². The standard InChI is InChI=1S/C34H28N2O2/c1-23(37)35-19-17-29-21-27(25-9-5-3-6-10-25)13-15-31(29)33(35)34-32-16-14-28(26-11-7-4-8-12-26)22-30(32)18-20-36(34)24(2)38/h3-22,33-34H,1-2H3/t33-,34-/m0/s1.